The first kappa shape index (κ1) is 19.8. The molecule has 1 N–H and O–H groups in total. The monoisotopic (exact) mass is 461 g/mol. The van der Waals surface area contributed by atoms with E-state index >= 15 is 0 Å². The van der Waals surface area contributed by atoms with Crippen LogP contribution in [0.4, 0.5) is 0 Å². The molecule has 2 saturated carbocycles. The molecule has 1 aliphatic heterocycles. The largest absolute Gasteiger partial charge is 0.303 e. The van der Waals surface area contributed by atoms with Gasteiger partial charge in [0.1, 0.15) is 0 Å². The number of carbonyl (C=O) groups is 2. The van der Waals surface area contributed by atoms with Gasteiger partial charge < -0.3 is 5.32 Å². The van der Waals surface area contributed by atoms with E-state index in [9.17, 15) is 9.59 Å². The van der Waals surface area contributed by atoms with Gasteiger partial charge in [0.2, 0.25) is 5.91 Å². The number of hydrogen-bond donors (Lipinski definition) is 1. The van der Waals surface area contributed by atoms with E-state index < -0.39 is 5.25 Å². The molecule has 0 spiro atoms. The Hall–Kier alpha value is -1.47. The fourth-order valence-corrected chi connectivity index (χ4v) is 5.88. The Bertz CT molecular complexity index is 893. The maximum absolute atomic E-state index is 12.5. The normalized spacial score (nSPS) is 33.6. The fraction of sp³-hybridized carbons (Fsp3) is 0.524. The Labute approximate surface area is 178 Å². The number of thioether (sulfide) groups is 1. The van der Waals surface area contributed by atoms with Crippen molar-refractivity contribution in [2.24, 2.45) is 27.0 Å². The van der Waals surface area contributed by atoms with Crippen molar-refractivity contribution in [2.45, 2.75) is 51.7 Å². The van der Waals surface area contributed by atoms with Crippen LogP contribution >= 0.6 is 27.7 Å². The van der Waals surface area contributed by atoms with Crippen molar-refractivity contribution in [1.29, 1.82) is 0 Å². The van der Waals surface area contributed by atoms with E-state index in [2.05, 4.69) is 52.2 Å². The first-order valence-electron chi connectivity index (χ1n) is 9.62. The van der Waals surface area contributed by atoms with Crippen molar-refractivity contribution in [1.82, 2.24) is 5.32 Å². The zero-order valence-electron chi connectivity index (χ0n) is 16.3. The minimum Gasteiger partial charge on any atom is -0.303 e. The average Bonchev–Trinajstić information content (AvgIpc) is 3.17. The number of rotatable bonds is 4. The summed E-state index contributed by atoms with van der Waals surface area (Å²) in [5.74, 6) is 0.447. The second kappa shape index (κ2) is 7.10. The lowest BCUT2D eigenvalue weighted by molar-refractivity contribution is -0.118. The number of hydrogen-bond acceptors (Lipinski definition) is 5. The number of ketones is 1. The lowest BCUT2D eigenvalue weighted by Gasteiger charge is -2.34. The standard InChI is InChI=1S/C21H24BrN3O2S/c1-20(2)13-8-9-21(20,3)17(10-13)24-25-19-23-18(27)16(28-19)11-15(26)12-4-6-14(22)7-5-12/h4-7,13,16H,8-11H2,1-3H3,(H,23,25,27). The van der Waals surface area contributed by atoms with Crippen LogP contribution in [-0.2, 0) is 4.79 Å². The Morgan fingerprint density at radius 1 is 1.25 bits per heavy atom. The van der Waals surface area contributed by atoms with Crippen molar-refractivity contribution in [3.63, 3.8) is 0 Å². The third kappa shape index (κ3) is 3.26. The van der Waals surface area contributed by atoms with Crippen molar-refractivity contribution >= 4 is 50.3 Å². The Balaban J connectivity index is 1.44. The predicted molar refractivity (Wildman–Crippen MR) is 117 cm³/mol. The Morgan fingerprint density at radius 2 is 1.96 bits per heavy atom. The summed E-state index contributed by atoms with van der Waals surface area (Å²) in [4.78, 5) is 24.7. The van der Waals surface area contributed by atoms with Gasteiger partial charge in [0.25, 0.3) is 0 Å². The molecule has 0 aromatic heterocycles. The molecule has 2 aliphatic carbocycles. The molecule has 2 bridgehead atoms. The second-order valence-corrected chi connectivity index (χ2v) is 10.8. The van der Waals surface area contributed by atoms with E-state index in [-0.39, 0.29) is 28.9 Å². The molecule has 3 atom stereocenters. The van der Waals surface area contributed by atoms with Gasteiger partial charge in [-0.2, -0.15) is 5.10 Å². The lowest BCUT2D eigenvalue weighted by Crippen LogP contribution is -2.32. The molecule has 3 aliphatic rings. The maximum atomic E-state index is 12.5. The Kier molecular flexibility index (Phi) is 5.02. The van der Waals surface area contributed by atoms with E-state index in [1.807, 2.05) is 12.1 Å². The number of carbonyl (C=O) groups excluding carboxylic acids is 2. The van der Waals surface area contributed by atoms with Crippen molar-refractivity contribution in [3.05, 3.63) is 34.3 Å². The molecule has 4 rings (SSSR count). The van der Waals surface area contributed by atoms with E-state index in [1.165, 1.54) is 18.2 Å². The molecule has 0 radical (unpaired) electrons. The molecule has 1 amide bonds. The van der Waals surface area contributed by atoms with Crippen LogP contribution < -0.4 is 5.32 Å². The highest BCUT2D eigenvalue weighted by Crippen LogP contribution is 2.64. The minimum atomic E-state index is -0.456. The summed E-state index contributed by atoms with van der Waals surface area (Å²) in [7, 11) is 0. The summed E-state index contributed by atoms with van der Waals surface area (Å²) in [6, 6.07) is 7.19. The first-order valence-corrected chi connectivity index (χ1v) is 11.3. The van der Waals surface area contributed by atoms with Crippen LogP contribution in [0, 0.1) is 16.7 Å². The molecule has 5 nitrogen and oxygen atoms in total. The number of nitrogens with one attached hydrogen (secondary N) is 1. The van der Waals surface area contributed by atoms with E-state index in [0.717, 1.165) is 23.0 Å². The van der Waals surface area contributed by atoms with Gasteiger partial charge in [-0.05, 0) is 42.7 Å². The molecule has 1 saturated heterocycles. The highest BCUT2D eigenvalue weighted by atomic mass is 79.9. The molecular weight excluding hydrogens is 438 g/mol. The molecular formula is C21H24BrN3O2S. The first-order chi connectivity index (χ1) is 13.2. The smallest absolute Gasteiger partial charge is 0.240 e. The number of halogens is 1. The van der Waals surface area contributed by atoms with Crippen LogP contribution in [0.3, 0.4) is 0 Å². The molecule has 148 valence electrons. The average molecular weight is 462 g/mol. The van der Waals surface area contributed by atoms with Crippen molar-refractivity contribution in [2.75, 3.05) is 0 Å². The van der Waals surface area contributed by atoms with Crippen LogP contribution in [0.5, 0.6) is 0 Å². The van der Waals surface area contributed by atoms with Crippen LogP contribution in [0.2, 0.25) is 0 Å². The van der Waals surface area contributed by atoms with E-state index in [0.29, 0.717) is 16.6 Å². The third-order valence-corrected chi connectivity index (χ3v) is 8.69. The van der Waals surface area contributed by atoms with E-state index in [1.54, 1.807) is 12.1 Å². The molecule has 3 unspecified atom stereocenters. The van der Waals surface area contributed by atoms with Crippen molar-refractivity contribution in [3.8, 4) is 0 Å². The van der Waals surface area contributed by atoms with Crippen LogP contribution in [0.1, 0.15) is 56.8 Å². The number of amidine groups is 1. The van der Waals surface area contributed by atoms with Crippen molar-refractivity contribution < 1.29 is 9.59 Å². The topological polar surface area (TPSA) is 70.9 Å². The van der Waals surface area contributed by atoms with Gasteiger partial charge in [-0.15, -0.1) is 5.10 Å². The number of nitrogens with zero attached hydrogens (tertiary/aromatic N) is 2. The highest BCUT2D eigenvalue weighted by Gasteiger charge is 2.60. The van der Waals surface area contributed by atoms with Gasteiger partial charge in [0, 0.05) is 27.6 Å². The van der Waals surface area contributed by atoms with Gasteiger partial charge in [0.05, 0.1) is 5.25 Å². The Morgan fingerprint density at radius 3 is 2.57 bits per heavy atom. The lowest BCUT2D eigenvalue weighted by atomic mass is 9.70. The molecule has 28 heavy (non-hydrogen) atoms. The van der Waals surface area contributed by atoms with Gasteiger partial charge >= 0.3 is 0 Å². The number of Topliss-reactive ketones (excluding diaryl/α,β-unsaturated/α-hetero) is 1. The molecule has 7 heteroatoms. The summed E-state index contributed by atoms with van der Waals surface area (Å²) in [5, 5.41) is 11.7. The molecule has 1 aromatic carbocycles. The summed E-state index contributed by atoms with van der Waals surface area (Å²) < 4.78 is 0.919. The maximum Gasteiger partial charge on any atom is 0.240 e. The van der Waals surface area contributed by atoms with Gasteiger partial charge in [-0.1, -0.05) is 60.6 Å². The van der Waals surface area contributed by atoms with Crippen LogP contribution in [-0.4, -0.2) is 27.8 Å². The van der Waals surface area contributed by atoms with Crippen LogP contribution in [0.25, 0.3) is 0 Å². The molecule has 1 heterocycles. The van der Waals surface area contributed by atoms with Gasteiger partial charge in [-0.25, -0.2) is 0 Å². The summed E-state index contributed by atoms with van der Waals surface area (Å²) in [6.45, 7) is 6.95. The number of amides is 1. The summed E-state index contributed by atoms with van der Waals surface area (Å²) in [5.41, 5.74) is 2.09. The van der Waals surface area contributed by atoms with Gasteiger partial charge in [0.15, 0.2) is 11.0 Å². The number of benzene rings is 1. The third-order valence-electron chi connectivity index (χ3n) is 7.09. The molecule has 3 fully saturated rings. The minimum absolute atomic E-state index is 0.0462. The number of fused-ring (bicyclic) bond motifs is 2. The zero-order chi connectivity index (χ0) is 20.1. The fourth-order valence-electron chi connectivity index (χ4n) is 4.69. The van der Waals surface area contributed by atoms with Gasteiger partial charge in [-0.3, -0.25) is 9.59 Å². The predicted octanol–water partition coefficient (Wildman–Crippen LogP) is 4.81. The molecule has 1 aromatic rings. The highest BCUT2D eigenvalue weighted by molar-refractivity contribution is 9.10. The second-order valence-electron chi connectivity index (χ2n) is 8.68. The zero-order valence-corrected chi connectivity index (χ0v) is 18.7. The van der Waals surface area contributed by atoms with Crippen LogP contribution in [0.15, 0.2) is 38.9 Å². The summed E-state index contributed by atoms with van der Waals surface area (Å²) in [6.07, 6.45) is 3.55. The SMILES string of the molecule is CC12CCC(CC1=N/N=C1/NC(=O)C(CC(=O)c3ccc(Br)cc3)S1)C2(C)C. The quantitative estimate of drug-likeness (QED) is 0.516. The van der Waals surface area contributed by atoms with E-state index in [4.69, 9.17) is 0 Å². The summed E-state index contributed by atoms with van der Waals surface area (Å²) >= 11 is 4.66.